The van der Waals surface area contributed by atoms with Crippen LogP contribution in [0.25, 0.3) is 0 Å². The van der Waals surface area contributed by atoms with Gasteiger partial charge >= 0.3 is 6.09 Å². The molecule has 170 valence electrons. The Balaban J connectivity index is 1.55. The number of nitrogens with zero attached hydrogens (tertiary/aromatic N) is 3. The zero-order chi connectivity index (χ0) is 22.0. The van der Waals surface area contributed by atoms with E-state index in [0.29, 0.717) is 23.9 Å². The summed E-state index contributed by atoms with van der Waals surface area (Å²) in [6, 6.07) is 3.67. The molecule has 1 aromatic heterocycles. The number of methoxy groups -OCH3 is 2. The normalized spacial score (nSPS) is 28.7. The molecule has 3 aliphatic rings. The fraction of sp³-hybridized carbons (Fsp3) is 0.682. The van der Waals surface area contributed by atoms with Crippen LogP contribution in [0.5, 0.6) is 5.88 Å². The van der Waals surface area contributed by atoms with Crippen LogP contribution >= 0.6 is 0 Å². The first-order chi connectivity index (χ1) is 15.0. The van der Waals surface area contributed by atoms with Crippen molar-refractivity contribution in [3.8, 4) is 5.88 Å². The van der Waals surface area contributed by atoms with Crippen molar-refractivity contribution in [1.29, 1.82) is 0 Å². The number of piperidine rings is 1. The summed E-state index contributed by atoms with van der Waals surface area (Å²) in [6.45, 7) is 2.08. The van der Waals surface area contributed by atoms with Gasteiger partial charge in [-0.25, -0.2) is 4.79 Å². The minimum Gasteiger partial charge on any atom is -0.481 e. The van der Waals surface area contributed by atoms with Crippen LogP contribution in [0.15, 0.2) is 12.1 Å². The standard InChI is InChI=1S/C22H32N4O5/c1-30-18-9-8-17(23-21(29)31-2)19(24-18)25-12-3-10-22(14-25)11-13-26(20(22)28)15-4-6-16(27)7-5-15/h8-9,15-16,27H,3-7,10-14H2,1-2H3,(H,23,29)/t15-,16-,22-/m0/s1. The van der Waals surface area contributed by atoms with Gasteiger partial charge in [-0.05, 0) is 51.0 Å². The number of hydrogen-bond acceptors (Lipinski definition) is 7. The molecule has 1 aromatic rings. The van der Waals surface area contributed by atoms with Crippen molar-refractivity contribution >= 4 is 23.5 Å². The summed E-state index contributed by atoms with van der Waals surface area (Å²) < 4.78 is 10.0. The van der Waals surface area contributed by atoms with Crippen molar-refractivity contribution in [1.82, 2.24) is 9.88 Å². The number of amides is 2. The number of carbonyl (C=O) groups excluding carboxylic acids is 2. The first kappa shape index (κ1) is 21.7. The first-order valence-corrected chi connectivity index (χ1v) is 11.1. The lowest BCUT2D eigenvalue weighted by Crippen LogP contribution is -2.50. The predicted octanol–water partition coefficient (Wildman–Crippen LogP) is 2.39. The molecule has 0 unspecified atom stereocenters. The van der Waals surface area contributed by atoms with E-state index in [2.05, 4.69) is 20.1 Å². The van der Waals surface area contributed by atoms with Crippen LogP contribution < -0.4 is 15.0 Å². The lowest BCUT2D eigenvalue weighted by atomic mass is 9.78. The fourth-order valence-corrected chi connectivity index (χ4v) is 5.30. The summed E-state index contributed by atoms with van der Waals surface area (Å²) >= 11 is 0. The number of aromatic nitrogens is 1. The Labute approximate surface area is 182 Å². The number of aliphatic hydroxyl groups excluding tert-OH is 1. The van der Waals surface area contributed by atoms with Crippen LogP contribution in [-0.4, -0.2) is 73.0 Å². The van der Waals surface area contributed by atoms with E-state index in [0.717, 1.165) is 58.0 Å². The molecule has 9 heteroatoms. The Morgan fingerprint density at radius 1 is 1.19 bits per heavy atom. The summed E-state index contributed by atoms with van der Waals surface area (Å²) in [6.07, 6.45) is 5.04. The van der Waals surface area contributed by atoms with Gasteiger partial charge in [-0.2, -0.15) is 4.98 Å². The third-order valence-electron chi connectivity index (χ3n) is 7.01. The number of hydrogen-bond donors (Lipinski definition) is 2. The predicted molar refractivity (Wildman–Crippen MR) is 115 cm³/mol. The van der Waals surface area contributed by atoms with E-state index < -0.39 is 11.5 Å². The molecular weight excluding hydrogens is 400 g/mol. The van der Waals surface area contributed by atoms with E-state index in [1.54, 1.807) is 19.2 Å². The largest absolute Gasteiger partial charge is 0.481 e. The monoisotopic (exact) mass is 432 g/mol. The molecule has 3 fully saturated rings. The van der Waals surface area contributed by atoms with Gasteiger partial charge in [0.2, 0.25) is 11.8 Å². The Morgan fingerprint density at radius 2 is 1.97 bits per heavy atom. The highest BCUT2D eigenvalue weighted by Crippen LogP contribution is 2.44. The van der Waals surface area contributed by atoms with Gasteiger partial charge in [0.15, 0.2) is 5.82 Å². The van der Waals surface area contributed by atoms with Crippen LogP contribution in [0, 0.1) is 5.41 Å². The van der Waals surface area contributed by atoms with E-state index in [-0.39, 0.29) is 18.1 Å². The third kappa shape index (κ3) is 4.28. The number of anilines is 2. The van der Waals surface area contributed by atoms with Crippen molar-refractivity contribution in [2.75, 3.05) is 44.1 Å². The highest BCUT2D eigenvalue weighted by atomic mass is 16.5. The molecule has 1 spiro atoms. The SMILES string of the molecule is COC(=O)Nc1ccc(OC)nc1N1CCC[C@]2(CCN([C@H]3CC[C@H](O)CC3)C2=O)C1. The van der Waals surface area contributed by atoms with Gasteiger partial charge in [0.05, 0.1) is 31.4 Å². The maximum atomic E-state index is 13.6. The third-order valence-corrected chi connectivity index (χ3v) is 7.01. The summed E-state index contributed by atoms with van der Waals surface area (Å²) in [5.74, 6) is 1.27. The molecule has 3 heterocycles. The average Bonchev–Trinajstić information content (AvgIpc) is 3.09. The maximum Gasteiger partial charge on any atom is 0.411 e. The number of nitrogens with one attached hydrogen (secondary N) is 1. The minimum atomic E-state index is -0.567. The van der Waals surface area contributed by atoms with Crippen molar-refractivity contribution < 1.29 is 24.2 Å². The molecule has 1 aliphatic carbocycles. The highest BCUT2D eigenvalue weighted by molar-refractivity contribution is 5.90. The van der Waals surface area contributed by atoms with Crippen LogP contribution in [-0.2, 0) is 9.53 Å². The zero-order valence-electron chi connectivity index (χ0n) is 18.3. The molecule has 0 bridgehead atoms. The lowest BCUT2D eigenvalue weighted by molar-refractivity contribution is -0.139. The zero-order valence-corrected chi connectivity index (χ0v) is 18.3. The molecule has 4 rings (SSSR count). The Kier molecular flexibility index (Phi) is 6.22. The van der Waals surface area contributed by atoms with Crippen molar-refractivity contribution in [3.05, 3.63) is 12.1 Å². The van der Waals surface area contributed by atoms with E-state index >= 15 is 0 Å². The minimum absolute atomic E-state index is 0.226. The smallest absolute Gasteiger partial charge is 0.411 e. The van der Waals surface area contributed by atoms with Gasteiger partial charge < -0.3 is 24.4 Å². The van der Waals surface area contributed by atoms with E-state index in [1.807, 2.05) is 0 Å². The van der Waals surface area contributed by atoms with Crippen LogP contribution in [0.1, 0.15) is 44.9 Å². The van der Waals surface area contributed by atoms with Crippen molar-refractivity contribution in [2.24, 2.45) is 5.41 Å². The topological polar surface area (TPSA) is 104 Å². The molecule has 1 saturated carbocycles. The Hall–Kier alpha value is -2.55. The number of ether oxygens (including phenoxy) is 2. The van der Waals surface area contributed by atoms with Gasteiger partial charge in [0.1, 0.15) is 0 Å². The Bertz CT molecular complexity index is 826. The quantitative estimate of drug-likeness (QED) is 0.753. The Morgan fingerprint density at radius 3 is 2.68 bits per heavy atom. The second kappa shape index (κ2) is 8.90. The second-order valence-electron chi connectivity index (χ2n) is 8.86. The molecule has 0 radical (unpaired) electrons. The number of carbonyl (C=O) groups is 2. The summed E-state index contributed by atoms with van der Waals surface area (Å²) in [7, 11) is 2.87. The van der Waals surface area contributed by atoms with E-state index in [1.165, 1.54) is 7.11 Å². The maximum absolute atomic E-state index is 13.6. The first-order valence-electron chi connectivity index (χ1n) is 11.1. The number of rotatable bonds is 4. The van der Waals surface area contributed by atoms with Gasteiger partial charge in [-0.15, -0.1) is 0 Å². The lowest BCUT2D eigenvalue weighted by Gasteiger charge is -2.41. The molecule has 2 N–H and O–H groups in total. The molecular formula is C22H32N4O5. The molecule has 2 saturated heterocycles. The van der Waals surface area contributed by atoms with E-state index in [9.17, 15) is 14.7 Å². The number of aliphatic hydroxyl groups is 1. The van der Waals surface area contributed by atoms with Crippen LogP contribution in [0.2, 0.25) is 0 Å². The molecule has 31 heavy (non-hydrogen) atoms. The van der Waals surface area contributed by atoms with Gasteiger partial charge in [-0.1, -0.05) is 0 Å². The molecule has 2 amide bonds. The van der Waals surface area contributed by atoms with Crippen LogP contribution in [0.3, 0.4) is 0 Å². The molecule has 2 aliphatic heterocycles. The van der Waals surface area contributed by atoms with Crippen LogP contribution in [0.4, 0.5) is 16.3 Å². The summed E-state index contributed by atoms with van der Waals surface area (Å²) in [5, 5.41) is 12.5. The fourth-order valence-electron chi connectivity index (χ4n) is 5.30. The summed E-state index contributed by atoms with van der Waals surface area (Å²) in [4.78, 5) is 34.1. The molecule has 1 atom stereocenters. The second-order valence-corrected chi connectivity index (χ2v) is 8.86. The highest BCUT2D eigenvalue weighted by Gasteiger charge is 2.51. The van der Waals surface area contributed by atoms with Gasteiger partial charge in [-0.3, -0.25) is 10.1 Å². The molecule has 9 nitrogen and oxygen atoms in total. The van der Waals surface area contributed by atoms with Crippen molar-refractivity contribution in [3.63, 3.8) is 0 Å². The average molecular weight is 433 g/mol. The van der Waals surface area contributed by atoms with Gasteiger partial charge in [0, 0.05) is 31.7 Å². The van der Waals surface area contributed by atoms with Crippen molar-refractivity contribution in [2.45, 2.75) is 57.1 Å². The molecule has 0 aromatic carbocycles. The van der Waals surface area contributed by atoms with Gasteiger partial charge in [0.25, 0.3) is 0 Å². The number of pyridine rings is 1. The summed E-state index contributed by atoms with van der Waals surface area (Å²) in [5.41, 5.74) is 0.106. The van der Waals surface area contributed by atoms with E-state index in [4.69, 9.17) is 9.47 Å². The number of likely N-dealkylation sites (tertiary alicyclic amines) is 1.